The molecule has 0 unspecified atom stereocenters. The van der Waals surface area contributed by atoms with Crippen LogP contribution >= 0.6 is 0 Å². The van der Waals surface area contributed by atoms with Crippen molar-refractivity contribution in [2.45, 2.75) is 6.61 Å². The Bertz CT molecular complexity index is 1350. The third-order valence-electron chi connectivity index (χ3n) is 4.63. The lowest BCUT2D eigenvalue weighted by atomic mass is 10.2. The predicted octanol–water partition coefficient (Wildman–Crippen LogP) is 3.03. The van der Waals surface area contributed by atoms with Crippen molar-refractivity contribution in [2.75, 3.05) is 7.11 Å². The molecule has 3 aromatic heterocycles. The van der Waals surface area contributed by atoms with Crippen molar-refractivity contribution in [3.05, 3.63) is 66.7 Å². The average Bonchev–Trinajstić information content (AvgIpc) is 3.20. The minimum absolute atomic E-state index is 0.153. The number of methoxy groups -OCH3 is 1. The summed E-state index contributed by atoms with van der Waals surface area (Å²) < 4.78 is 12.8. The number of rotatable bonds is 5. The summed E-state index contributed by atoms with van der Waals surface area (Å²) in [4.78, 5) is 8.67. The number of nitrogens with zero attached hydrogens (tertiary/aromatic N) is 6. The Morgan fingerprint density at radius 2 is 1.87 bits per heavy atom. The molecule has 1 N–H and O–H groups in total. The number of phenolic OH excluding ortho intramolecular Hbond substituents is 1. The van der Waals surface area contributed by atoms with Crippen LogP contribution in [0.5, 0.6) is 17.2 Å². The molecule has 0 saturated carbocycles. The molecule has 0 radical (unpaired) electrons. The van der Waals surface area contributed by atoms with Crippen LogP contribution in [0.15, 0.2) is 60.9 Å². The van der Waals surface area contributed by atoms with Gasteiger partial charge >= 0.3 is 0 Å². The van der Waals surface area contributed by atoms with Crippen molar-refractivity contribution in [3.8, 4) is 28.5 Å². The highest BCUT2D eigenvalue weighted by Gasteiger charge is 2.12. The van der Waals surface area contributed by atoms with Crippen LogP contribution in [0.1, 0.15) is 5.82 Å². The Balaban J connectivity index is 1.45. The molecule has 30 heavy (non-hydrogen) atoms. The molecule has 2 aromatic carbocycles. The van der Waals surface area contributed by atoms with Gasteiger partial charge in [0.05, 0.1) is 18.8 Å². The van der Waals surface area contributed by atoms with Crippen molar-refractivity contribution >= 4 is 16.7 Å². The molecule has 0 amide bonds. The third kappa shape index (κ3) is 3.22. The molecule has 0 aliphatic carbocycles. The van der Waals surface area contributed by atoms with Crippen LogP contribution in [0.3, 0.4) is 0 Å². The smallest absolute Gasteiger partial charge is 0.272 e. The van der Waals surface area contributed by atoms with Gasteiger partial charge in [-0.2, -0.15) is 9.61 Å². The molecule has 0 bridgehead atoms. The van der Waals surface area contributed by atoms with Crippen molar-refractivity contribution in [3.63, 3.8) is 0 Å². The molecule has 0 aliphatic heterocycles. The molecule has 0 saturated heterocycles. The summed E-state index contributed by atoms with van der Waals surface area (Å²) in [7, 11) is 1.62. The van der Waals surface area contributed by atoms with Gasteiger partial charge in [0.1, 0.15) is 29.5 Å². The Kier molecular flexibility index (Phi) is 4.32. The lowest BCUT2D eigenvalue weighted by molar-refractivity contribution is 0.296. The van der Waals surface area contributed by atoms with E-state index in [2.05, 4.69) is 25.3 Å². The number of hydrogen-bond acceptors (Lipinski definition) is 8. The highest BCUT2D eigenvalue weighted by molar-refractivity contribution is 5.85. The van der Waals surface area contributed by atoms with Crippen molar-refractivity contribution in [1.29, 1.82) is 0 Å². The number of hydrogen-bond donors (Lipinski definition) is 1. The van der Waals surface area contributed by atoms with Gasteiger partial charge in [-0.3, -0.25) is 4.98 Å². The highest BCUT2D eigenvalue weighted by Crippen LogP contribution is 2.27. The lowest BCUT2D eigenvalue weighted by Gasteiger charge is -2.09. The predicted molar refractivity (Wildman–Crippen MR) is 108 cm³/mol. The standard InChI is InChI=1S/C21H16N6O3/c1-29-15-6-7-16-17(10-15)22-9-8-19(16)30-12-20-24-25-21-23-11-18(26-27(20)21)13-2-4-14(28)5-3-13/h2-11,28H,12H2,1H3. The number of ether oxygens (including phenoxy) is 2. The fourth-order valence-corrected chi connectivity index (χ4v) is 3.09. The van der Waals surface area contributed by atoms with Crippen LogP contribution in [-0.2, 0) is 6.61 Å². The molecule has 0 atom stereocenters. The van der Waals surface area contributed by atoms with E-state index in [0.29, 0.717) is 23.0 Å². The highest BCUT2D eigenvalue weighted by atomic mass is 16.5. The molecule has 5 rings (SSSR count). The van der Waals surface area contributed by atoms with Crippen LogP contribution in [0.2, 0.25) is 0 Å². The molecule has 148 valence electrons. The van der Waals surface area contributed by atoms with E-state index in [1.165, 1.54) is 0 Å². The van der Waals surface area contributed by atoms with E-state index < -0.39 is 0 Å². The van der Waals surface area contributed by atoms with Crippen molar-refractivity contribution < 1.29 is 14.6 Å². The normalized spacial score (nSPS) is 11.1. The molecule has 3 heterocycles. The number of benzene rings is 2. The average molecular weight is 400 g/mol. The van der Waals surface area contributed by atoms with Gasteiger partial charge < -0.3 is 14.6 Å². The van der Waals surface area contributed by atoms with Gasteiger partial charge in [-0.05, 0) is 42.5 Å². The van der Waals surface area contributed by atoms with Crippen molar-refractivity contribution in [1.82, 2.24) is 29.8 Å². The Morgan fingerprint density at radius 3 is 2.70 bits per heavy atom. The minimum Gasteiger partial charge on any atom is -0.508 e. The Morgan fingerprint density at radius 1 is 1.00 bits per heavy atom. The number of phenols is 1. The third-order valence-corrected chi connectivity index (χ3v) is 4.63. The zero-order valence-electron chi connectivity index (χ0n) is 15.9. The number of aromatic hydroxyl groups is 1. The maximum absolute atomic E-state index is 9.48. The van der Waals surface area contributed by atoms with Gasteiger partial charge in [0.15, 0.2) is 5.82 Å². The minimum atomic E-state index is 0.153. The fraction of sp³-hybridized carbons (Fsp3) is 0.0952. The summed E-state index contributed by atoms with van der Waals surface area (Å²) in [6.45, 7) is 0.153. The van der Waals surface area contributed by atoms with Crippen LogP contribution in [0, 0.1) is 0 Å². The van der Waals surface area contributed by atoms with Gasteiger partial charge in [0.2, 0.25) is 0 Å². The molecular formula is C21H16N6O3. The summed E-state index contributed by atoms with van der Waals surface area (Å²) in [5, 5.41) is 23.1. The Labute approximate surface area is 170 Å². The van der Waals surface area contributed by atoms with E-state index in [9.17, 15) is 5.11 Å². The number of pyridine rings is 1. The molecule has 0 fully saturated rings. The maximum Gasteiger partial charge on any atom is 0.272 e. The lowest BCUT2D eigenvalue weighted by Crippen LogP contribution is -2.06. The summed E-state index contributed by atoms with van der Waals surface area (Å²) in [5.74, 6) is 2.47. The van der Waals surface area contributed by atoms with E-state index in [4.69, 9.17) is 9.47 Å². The van der Waals surface area contributed by atoms with Gasteiger partial charge in [-0.15, -0.1) is 10.2 Å². The zero-order chi connectivity index (χ0) is 20.5. The van der Waals surface area contributed by atoms with Gasteiger partial charge in [0, 0.05) is 23.2 Å². The summed E-state index contributed by atoms with van der Waals surface area (Å²) in [6.07, 6.45) is 3.30. The first-order valence-electron chi connectivity index (χ1n) is 9.13. The van der Waals surface area contributed by atoms with Crippen LogP contribution in [-0.4, -0.2) is 42.0 Å². The molecular weight excluding hydrogens is 384 g/mol. The van der Waals surface area contributed by atoms with E-state index in [-0.39, 0.29) is 12.4 Å². The SMILES string of the molecule is COc1ccc2c(OCc3nnc4ncc(-c5ccc(O)cc5)nn34)ccnc2c1. The summed E-state index contributed by atoms with van der Waals surface area (Å²) in [6, 6.07) is 14.1. The van der Waals surface area contributed by atoms with Crippen LogP contribution < -0.4 is 9.47 Å². The van der Waals surface area contributed by atoms with E-state index >= 15 is 0 Å². The first-order valence-corrected chi connectivity index (χ1v) is 9.13. The second-order valence-electron chi connectivity index (χ2n) is 6.50. The summed E-state index contributed by atoms with van der Waals surface area (Å²) in [5.41, 5.74) is 2.22. The summed E-state index contributed by atoms with van der Waals surface area (Å²) >= 11 is 0. The zero-order valence-corrected chi connectivity index (χ0v) is 15.9. The molecule has 0 aliphatic rings. The number of fused-ring (bicyclic) bond motifs is 2. The maximum atomic E-state index is 9.48. The first kappa shape index (κ1) is 17.8. The monoisotopic (exact) mass is 400 g/mol. The van der Waals surface area contributed by atoms with E-state index in [1.54, 1.807) is 54.4 Å². The molecule has 0 spiro atoms. The largest absolute Gasteiger partial charge is 0.508 e. The topological polar surface area (TPSA) is 108 Å². The first-order chi connectivity index (χ1) is 14.7. The quantitative estimate of drug-likeness (QED) is 0.480. The van der Waals surface area contributed by atoms with Crippen molar-refractivity contribution in [2.24, 2.45) is 0 Å². The fourth-order valence-electron chi connectivity index (χ4n) is 3.09. The van der Waals surface area contributed by atoms with Crippen LogP contribution in [0.4, 0.5) is 0 Å². The van der Waals surface area contributed by atoms with Crippen LogP contribution in [0.25, 0.3) is 27.9 Å². The van der Waals surface area contributed by atoms with Gasteiger partial charge in [0.25, 0.3) is 5.78 Å². The van der Waals surface area contributed by atoms with E-state index in [1.807, 2.05) is 18.2 Å². The molecule has 5 aromatic rings. The molecule has 9 heteroatoms. The van der Waals surface area contributed by atoms with E-state index in [0.717, 1.165) is 22.2 Å². The Hall–Kier alpha value is -4.27. The van der Waals surface area contributed by atoms with Gasteiger partial charge in [-0.1, -0.05) is 0 Å². The second-order valence-corrected chi connectivity index (χ2v) is 6.50. The number of aromatic nitrogens is 6. The second kappa shape index (κ2) is 7.28. The molecule has 9 nitrogen and oxygen atoms in total. The van der Waals surface area contributed by atoms with Gasteiger partial charge in [-0.25, -0.2) is 4.98 Å².